The van der Waals surface area contributed by atoms with Gasteiger partial charge in [-0.05, 0) is 40.0 Å². The molecule has 2 N–H and O–H groups in total. The van der Waals surface area contributed by atoms with Crippen molar-refractivity contribution in [2.75, 3.05) is 17.2 Å². The summed E-state index contributed by atoms with van der Waals surface area (Å²) in [5.41, 5.74) is 9.16. The molecule has 0 fully saturated rings. The number of carbonyl (C=O) groups is 1. The van der Waals surface area contributed by atoms with E-state index in [-0.39, 0.29) is 5.91 Å². The van der Waals surface area contributed by atoms with Gasteiger partial charge in [0.1, 0.15) is 0 Å². The number of hydrogen-bond acceptors (Lipinski definition) is 3. The standard InChI is InChI=1S/C14H12BrN3O/c15-11-6-10(7-17-8-11)14(19)18-5-4-9-2-1-3-12(16)13(9)18/h1-3,6-8H,4-5,16H2. The number of carbonyl (C=O) groups excluding carboxylic acids is 1. The number of rotatable bonds is 1. The van der Waals surface area contributed by atoms with Crippen LogP contribution < -0.4 is 10.6 Å². The van der Waals surface area contributed by atoms with Crippen molar-refractivity contribution in [3.8, 4) is 0 Å². The molecule has 1 aliphatic heterocycles. The molecule has 0 atom stereocenters. The number of nitrogens with zero attached hydrogens (tertiary/aromatic N) is 2. The lowest BCUT2D eigenvalue weighted by atomic mass is 10.1. The topological polar surface area (TPSA) is 59.2 Å². The van der Waals surface area contributed by atoms with Crippen molar-refractivity contribution in [2.24, 2.45) is 0 Å². The molecule has 0 bridgehead atoms. The molecule has 1 aromatic heterocycles. The lowest BCUT2D eigenvalue weighted by Crippen LogP contribution is -2.29. The molecule has 3 rings (SSSR count). The highest BCUT2D eigenvalue weighted by Crippen LogP contribution is 2.34. The second kappa shape index (κ2) is 4.66. The van der Waals surface area contributed by atoms with Gasteiger partial charge in [0, 0.05) is 23.4 Å². The van der Waals surface area contributed by atoms with Crippen molar-refractivity contribution in [2.45, 2.75) is 6.42 Å². The first kappa shape index (κ1) is 12.2. The molecular formula is C14H12BrN3O. The summed E-state index contributed by atoms with van der Waals surface area (Å²) < 4.78 is 0.791. The number of fused-ring (bicyclic) bond motifs is 1. The highest BCUT2D eigenvalue weighted by atomic mass is 79.9. The van der Waals surface area contributed by atoms with Crippen LogP contribution in [0, 0.1) is 0 Å². The van der Waals surface area contributed by atoms with E-state index in [9.17, 15) is 4.79 Å². The molecule has 0 aliphatic carbocycles. The van der Waals surface area contributed by atoms with Crippen LogP contribution in [0.2, 0.25) is 0 Å². The molecule has 2 heterocycles. The summed E-state index contributed by atoms with van der Waals surface area (Å²) in [5, 5.41) is 0. The summed E-state index contributed by atoms with van der Waals surface area (Å²) >= 11 is 3.33. The third-order valence-electron chi connectivity index (χ3n) is 3.22. The molecule has 2 aromatic rings. The summed E-state index contributed by atoms with van der Waals surface area (Å²) in [4.78, 5) is 18.3. The van der Waals surface area contributed by atoms with Gasteiger partial charge in [-0.3, -0.25) is 9.78 Å². The van der Waals surface area contributed by atoms with Crippen molar-refractivity contribution >= 4 is 33.2 Å². The minimum atomic E-state index is -0.0644. The van der Waals surface area contributed by atoms with Crippen LogP contribution in [0.5, 0.6) is 0 Å². The lowest BCUT2D eigenvalue weighted by Gasteiger charge is -2.18. The first-order valence-corrected chi connectivity index (χ1v) is 6.76. The van der Waals surface area contributed by atoms with Crippen molar-refractivity contribution in [1.29, 1.82) is 0 Å². The molecule has 0 saturated carbocycles. The molecule has 0 saturated heterocycles. The van der Waals surface area contributed by atoms with E-state index in [1.54, 1.807) is 23.4 Å². The molecule has 96 valence electrons. The fourth-order valence-corrected chi connectivity index (χ4v) is 2.74. The van der Waals surface area contributed by atoms with Crippen LogP contribution in [-0.2, 0) is 6.42 Å². The van der Waals surface area contributed by atoms with Gasteiger partial charge in [0.05, 0.1) is 16.9 Å². The summed E-state index contributed by atoms with van der Waals surface area (Å²) in [5.74, 6) is -0.0644. The third kappa shape index (κ3) is 2.10. The molecule has 19 heavy (non-hydrogen) atoms. The molecule has 0 unspecified atom stereocenters. The molecule has 1 amide bonds. The first-order valence-electron chi connectivity index (χ1n) is 5.96. The second-order valence-electron chi connectivity index (χ2n) is 4.45. The van der Waals surface area contributed by atoms with Crippen LogP contribution in [0.3, 0.4) is 0 Å². The van der Waals surface area contributed by atoms with Gasteiger partial charge in [-0.2, -0.15) is 0 Å². The Balaban J connectivity index is 2.00. The number of anilines is 2. The second-order valence-corrected chi connectivity index (χ2v) is 5.37. The maximum absolute atomic E-state index is 12.5. The largest absolute Gasteiger partial charge is 0.397 e. The Morgan fingerprint density at radius 3 is 3.00 bits per heavy atom. The number of benzene rings is 1. The van der Waals surface area contributed by atoms with Gasteiger partial charge in [-0.1, -0.05) is 12.1 Å². The summed E-state index contributed by atoms with van der Waals surface area (Å²) in [7, 11) is 0. The maximum atomic E-state index is 12.5. The number of amides is 1. The van der Waals surface area contributed by atoms with Gasteiger partial charge in [0.2, 0.25) is 0 Å². The van der Waals surface area contributed by atoms with Gasteiger partial charge in [-0.25, -0.2) is 0 Å². The zero-order valence-corrected chi connectivity index (χ0v) is 11.7. The number of pyridine rings is 1. The van der Waals surface area contributed by atoms with Crippen LogP contribution in [-0.4, -0.2) is 17.4 Å². The number of halogens is 1. The number of aromatic nitrogens is 1. The van der Waals surface area contributed by atoms with Crippen LogP contribution in [0.4, 0.5) is 11.4 Å². The van der Waals surface area contributed by atoms with E-state index < -0.39 is 0 Å². The predicted molar refractivity (Wildman–Crippen MR) is 78.2 cm³/mol. The monoisotopic (exact) mass is 317 g/mol. The summed E-state index contributed by atoms with van der Waals surface area (Å²) in [6, 6.07) is 7.52. The van der Waals surface area contributed by atoms with Crippen molar-refractivity contribution in [3.05, 3.63) is 52.3 Å². The van der Waals surface area contributed by atoms with E-state index >= 15 is 0 Å². The fourth-order valence-electron chi connectivity index (χ4n) is 2.37. The van der Waals surface area contributed by atoms with E-state index in [4.69, 9.17) is 5.73 Å². The van der Waals surface area contributed by atoms with Crippen molar-refractivity contribution in [1.82, 2.24) is 4.98 Å². The Kier molecular flexibility index (Phi) is 2.98. The minimum Gasteiger partial charge on any atom is -0.397 e. The van der Waals surface area contributed by atoms with Gasteiger partial charge < -0.3 is 10.6 Å². The number of nitrogen functional groups attached to an aromatic ring is 1. The number of para-hydroxylation sites is 1. The van der Waals surface area contributed by atoms with Gasteiger partial charge in [0.15, 0.2) is 0 Å². The molecule has 1 aliphatic rings. The lowest BCUT2D eigenvalue weighted by molar-refractivity contribution is 0.0989. The first-order chi connectivity index (χ1) is 9.16. The predicted octanol–water partition coefficient (Wildman–Crippen LogP) is 2.63. The van der Waals surface area contributed by atoms with Crippen molar-refractivity contribution in [3.63, 3.8) is 0 Å². The van der Waals surface area contributed by atoms with Gasteiger partial charge in [-0.15, -0.1) is 0 Å². The molecule has 4 nitrogen and oxygen atoms in total. The average Bonchev–Trinajstić information content (AvgIpc) is 2.83. The van der Waals surface area contributed by atoms with E-state index in [2.05, 4.69) is 20.9 Å². The van der Waals surface area contributed by atoms with Crippen LogP contribution in [0.15, 0.2) is 41.1 Å². The Morgan fingerprint density at radius 1 is 1.37 bits per heavy atom. The van der Waals surface area contributed by atoms with E-state index in [0.29, 0.717) is 17.8 Å². The molecular weight excluding hydrogens is 306 g/mol. The highest BCUT2D eigenvalue weighted by molar-refractivity contribution is 9.10. The van der Waals surface area contributed by atoms with Crippen molar-refractivity contribution < 1.29 is 4.79 Å². The Hall–Kier alpha value is -1.88. The molecule has 0 radical (unpaired) electrons. The third-order valence-corrected chi connectivity index (χ3v) is 3.66. The molecule has 1 aromatic carbocycles. The minimum absolute atomic E-state index is 0.0644. The van der Waals surface area contributed by atoms with Crippen LogP contribution >= 0.6 is 15.9 Å². The molecule has 5 heteroatoms. The smallest absolute Gasteiger partial charge is 0.259 e. The molecule has 0 spiro atoms. The zero-order chi connectivity index (χ0) is 13.4. The Morgan fingerprint density at radius 2 is 2.21 bits per heavy atom. The van der Waals surface area contributed by atoms with Gasteiger partial charge in [0.25, 0.3) is 5.91 Å². The summed E-state index contributed by atoms with van der Waals surface area (Å²) in [6.45, 7) is 0.662. The number of nitrogens with two attached hydrogens (primary N) is 1. The van der Waals surface area contributed by atoms with E-state index in [0.717, 1.165) is 22.1 Å². The van der Waals surface area contributed by atoms with Crippen LogP contribution in [0.1, 0.15) is 15.9 Å². The zero-order valence-electron chi connectivity index (χ0n) is 10.1. The normalized spacial score (nSPS) is 13.4. The highest BCUT2D eigenvalue weighted by Gasteiger charge is 2.27. The van der Waals surface area contributed by atoms with E-state index in [1.807, 2.05) is 18.2 Å². The quantitative estimate of drug-likeness (QED) is 0.822. The Bertz CT molecular complexity index is 657. The fraction of sp³-hybridized carbons (Fsp3) is 0.143. The average molecular weight is 318 g/mol. The maximum Gasteiger partial charge on any atom is 0.259 e. The van der Waals surface area contributed by atoms with Gasteiger partial charge >= 0.3 is 0 Å². The SMILES string of the molecule is Nc1cccc2c1N(C(=O)c1cncc(Br)c1)CC2. The number of hydrogen-bond donors (Lipinski definition) is 1. The summed E-state index contributed by atoms with van der Waals surface area (Å²) in [6.07, 6.45) is 4.07. The Labute approximate surface area is 119 Å². The van der Waals surface area contributed by atoms with Crippen LogP contribution in [0.25, 0.3) is 0 Å². The van der Waals surface area contributed by atoms with E-state index in [1.165, 1.54) is 0 Å².